The van der Waals surface area contributed by atoms with Gasteiger partial charge in [0.25, 0.3) is 0 Å². The number of ether oxygens (including phenoxy) is 4. The first-order valence-electron chi connectivity index (χ1n) is 14.9. The van der Waals surface area contributed by atoms with Crippen molar-refractivity contribution in [1.82, 2.24) is 9.97 Å². The fraction of sp³-hybridized carbons (Fsp3) is 0.469. The van der Waals surface area contributed by atoms with Crippen LogP contribution in [0.3, 0.4) is 0 Å². The van der Waals surface area contributed by atoms with Crippen LogP contribution in [0.2, 0.25) is 0 Å². The molecule has 0 bridgehead atoms. The molecule has 1 fully saturated rings. The van der Waals surface area contributed by atoms with Gasteiger partial charge >= 0.3 is 18.3 Å². The topological polar surface area (TPSA) is 161 Å². The minimum absolute atomic E-state index is 0.0402. The van der Waals surface area contributed by atoms with Gasteiger partial charge in [0.05, 0.1) is 18.3 Å². The monoisotopic (exact) mass is 639 g/mol. The molecule has 3 aromatic rings. The van der Waals surface area contributed by atoms with Crippen LogP contribution in [0.5, 0.6) is 5.88 Å². The first-order chi connectivity index (χ1) is 21.5. The standard InChI is InChI=1S/C32H38FN5O8/c1-16-19(14-35-27-26(16)38(10-11-43-27)30(42)46-32(5,6)7)18-12-17-13-23(36-28(40)44-22-9-8-21(22)39)34-15-20(17)25(24(18)33)37-29(41)45-31(2,3)4/h12-15,21-22,39H,8-11H2,1-7H3,(H,37,41)(H,34,36,40)/t21-,22+/m0/s1. The number of pyridine rings is 2. The minimum atomic E-state index is -0.889. The van der Waals surface area contributed by atoms with E-state index in [0.717, 1.165) is 0 Å². The highest BCUT2D eigenvalue weighted by Crippen LogP contribution is 2.42. The summed E-state index contributed by atoms with van der Waals surface area (Å²) in [5.74, 6) is -0.515. The summed E-state index contributed by atoms with van der Waals surface area (Å²) >= 11 is 0. The summed E-state index contributed by atoms with van der Waals surface area (Å²) in [6.07, 6.45) is 0.213. The Morgan fingerprint density at radius 1 is 0.978 bits per heavy atom. The number of aliphatic hydroxyl groups excluding tert-OH is 1. The van der Waals surface area contributed by atoms with Gasteiger partial charge in [-0.2, -0.15) is 0 Å². The molecule has 3 heterocycles. The number of amides is 3. The summed E-state index contributed by atoms with van der Waals surface area (Å²) in [5, 5.41) is 15.4. The van der Waals surface area contributed by atoms with Crippen LogP contribution in [-0.2, 0) is 14.2 Å². The molecule has 0 saturated heterocycles. The van der Waals surface area contributed by atoms with Crippen LogP contribution >= 0.6 is 0 Å². The molecule has 1 aliphatic carbocycles. The van der Waals surface area contributed by atoms with Gasteiger partial charge in [0.15, 0.2) is 5.82 Å². The van der Waals surface area contributed by atoms with E-state index in [1.807, 2.05) is 0 Å². The van der Waals surface area contributed by atoms with Crippen LogP contribution in [0.4, 0.5) is 36.0 Å². The zero-order chi connectivity index (χ0) is 33.6. The quantitative estimate of drug-likeness (QED) is 0.276. The fourth-order valence-corrected chi connectivity index (χ4v) is 5.03. The van der Waals surface area contributed by atoms with Gasteiger partial charge < -0.3 is 24.1 Å². The molecule has 3 N–H and O–H groups in total. The number of fused-ring (bicyclic) bond motifs is 2. The molecular formula is C32H38FN5O8. The van der Waals surface area contributed by atoms with Crippen LogP contribution < -0.4 is 20.3 Å². The second-order valence-corrected chi connectivity index (χ2v) is 13.2. The molecule has 2 atom stereocenters. The van der Waals surface area contributed by atoms with Crippen molar-refractivity contribution in [3.05, 3.63) is 35.9 Å². The number of carbonyl (C=O) groups excluding carboxylic acids is 3. The summed E-state index contributed by atoms with van der Waals surface area (Å²) in [6, 6.07) is 3.02. The number of aromatic nitrogens is 2. The van der Waals surface area contributed by atoms with Gasteiger partial charge in [0, 0.05) is 28.9 Å². The molecule has 2 aromatic heterocycles. The lowest BCUT2D eigenvalue weighted by Crippen LogP contribution is -2.42. The van der Waals surface area contributed by atoms with Gasteiger partial charge in [-0.1, -0.05) is 0 Å². The molecule has 46 heavy (non-hydrogen) atoms. The first kappa shape index (κ1) is 32.7. The van der Waals surface area contributed by atoms with Gasteiger partial charge in [-0.3, -0.25) is 15.5 Å². The van der Waals surface area contributed by atoms with Gasteiger partial charge in [-0.15, -0.1) is 0 Å². The number of anilines is 3. The predicted molar refractivity (Wildman–Crippen MR) is 168 cm³/mol. The molecular weight excluding hydrogens is 601 g/mol. The molecule has 13 nitrogen and oxygen atoms in total. The molecule has 0 unspecified atom stereocenters. The third-order valence-electron chi connectivity index (χ3n) is 7.25. The summed E-state index contributed by atoms with van der Waals surface area (Å²) < 4.78 is 38.5. The normalized spacial score (nSPS) is 17.7. The third-order valence-corrected chi connectivity index (χ3v) is 7.25. The van der Waals surface area contributed by atoms with Crippen LogP contribution in [0.15, 0.2) is 24.5 Å². The zero-order valence-electron chi connectivity index (χ0n) is 26.8. The second-order valence-electron chi connectivity index (χ2n) is 13.2. The van der Waals surface area contributed by atoms with E-state index >= 15 is 4.39 Å². The Morgan fingerprint density at radius 3 is 2.33 bits per heavy atom. The maximum atomic E-state index is 16.5. The number of hydrogen-bond donors (Lipinski definition) is 3. The van der Waals surface area contributed by atoms with E-state index < -0.39 is 47.5 Å². The van der Waals surface area contributed by atoms with E-state index in [9.17, 15) is 19.5 Å². The number of nitrogens with one attached hydrogen (secondary N) is 2. The fourth-order valence-electron chi connectivity index (χ4n) is 5.03. The van der Waals surface area contributed by atoms with Crippen molar-refractivity contribution >= 4 is 46.2 Å². The maximum Gasteiger partial charge on any atom is 0.415 e. The highest BCUT2D eigenvalue weighted by Gasteiger charge is 2.34. The molecule has 246 valence electrons. The van der Waals surface area contributed by atoms with Crippen LogP contribution in [0.25, 0.3) is 21.9 Å². The van der Waals surface area contributed by atoms with Gasteiger partial charge in [0.2, 0.25) is 5.88 Å². The van der Waals surface area contributed by atoms with Crippen LogP contribution in [-0.4, -0.2) is 69.9 Å². The molecule has 5 rings (SSSR count). The molecule has 0 spiro atoms. The number of halogens is 1. The Balaban J connectivity index is 1.60. The first-order valence-corrected chi connectivity index (χ1v) is 14.9. The maximum absolute atomic E-state index is 16.5. The molecule has 2 aliphatic rings. The number of nitrogens with zero attached hydrogens (tertiary/aromatic N) is 3. The van der Waals surface area contributed by atoms with Crippen molar-refractivity contribution in [3.63, 3.8) is 0 Å². The van der Waals surface area contributed by atoms with Crippen molar-refractivity contribution in [3.8, 4) is 17.0 Å². The second kappa shape index (κ2) is 12.2. The molecule has 1 aromatic carbocycles. The highest BCUT2D eigenvalue weighted by atomic mass is 19.1. The number of benzene rings is 1. The Morgan fingerprint density at radius 2 is 1.70 bits per heavy atom. The summed E-state index contributed by atoms with van der Waals surface area (Å²) in [7, 11) is 0. The van der Waals surface area contributed by atoms with Crippen molar-refractivity contribution in [1.29, 1.82) is 0 Å². The lowest BCUT2D eigenvalue weighted by molar-refractivity contribution is -0.0561. The van der Waals surface area contributed by atoms with E-state index in [2.05, 4.69) is 20.6 Å². The van der Waals surface area contributed by atoms with E-state index in [0.29, 0.717) is 35.0 Å². The van der Waals surface area contributed by atoms with Crippen LogP contribution in [0.1, 0.15) is 59.9 Å². The lowest BCUT2D eigenvalue weighted by Gasteiger charge is -2.32. The average molecular weight is 640 g/mol. The molecule has 1 aliphatic heterocycles. The van der Waals surface area contributed by atoms with Crippen molar-refractivity contribution in [2.24, 2.45) is 0 Å². The van der Waals surface area contributed by atoms with Crippen molar-refractivity contribution in [2.75, 3.05) is 28.7 Å². The lowest BCUT2D eigenvalue weighted by atomic mass is 9.92. The minimum Gasteiger partial charge on any atom is -0.474 e. The van der Waals surface area contributed by atoms with Gasteiger partial charge in [-0.05, 0) is 84.4 Å². The largest absolute Gasteiger partial charge is 0.474 e. The number of rotatable bonds is 4. The van der Waals surface area contributed by atoms with Crippen molar-refractivity contribution < 1.29 is 42.8 Å². The summed E-state index contributed by atoms with van der Waals surface area (Å²) in [5.41, 5.74) is -0.664. The van der Waals surface area contributed by atoms with E-state index in [4.69, 9.17) is 18.9 Å². The van der Waals surface area contributed by atoms with Gasteiger partial charge in [0.1, 0.15) is 35.4 Å². The third kappa shape index (κ3) is 7.06. The Bertz CT molecular complexity index is 1700. The van der Waals surface area contributed by atoms with Gasteiger partial charge in [-0.25, -0.2) is 28.7 Å². The Kier molecular flexibility index (Phi) is 8.69. The molecule has 3 amide bonds. The number of hydrogen-bond acceptors (Lipinski definition) is 10. The Hall–Kier alpha value is -4.72. The van der Waals surface area contributed by atoms with E-state index in [-0.39, 0.29) is 41.5 Å². The summed E-state index contributed by atoms with van der Waals surface area (Å²) in [4.78, 5) is 48.5. The molecule has 1 saturated carbocycles. The van der Waals surface area contributed by atoms with E-state index in [1.54, 1.807) is 48.5 Å². The van der Waals surface area contributed by atoms with Crippen LogP contribution in [0, 0.1) is 12.7 Å². The summed E-state index contributed by atoms with van der Waals surface area (Å²) in [6.45, 7) is 12.4. The highest BCUT2D eigenvalue weighted by molar-refractivity contribution is 6.05. The molecule has 0 radical (unpaired) electrons. The predicted octanol–water partition coefficient (Wildman–Crippen LogP) is 6.30. The molecule has 14 heteroatoms. The Labute approximate surface area is 265 Å². The van der Waals surface area contributed by atoms with Crippen molar-refractivity contribution in [2.45, 2.75) is 84.7 Å². The number of aliphatic hydroxyl groups is 1. The zero-order valence-corrected chi connectivity index (χ0v) is 26.8. The smallest absolute Gasteiger partial charge is 0.415 e. The van der Waals surface area contributed by atoms with E-state index in [1.165, 1.54) is 29.4 Å². The average Bonchev–Trinajstić information content (AvgIpc) is 2.94. The number of carbonyl (C=O) groups is 3. The SMILES string of the molecule is Cc1c(-c2cc3cc(NC(=O)O[C@@H]4CC[C@@H]4O)ncc3c(NC(=O)OC(C)(C)C)c2F)cnc2c1N(C(=O)OC(C)(C)C)CCO2.